The molecule has 1 heterocycles. The first-order valence-corrected chi connectivity index (χ1v) is 12.9. The van der Waals surface area contributed by atoms with Crippen molar-refractivity contribution in [1.82, 2.24) is 4.98 Å². The van der Waals surface area contributed by atoms with Gasteiger partial charge in [0.2, 0.25) is 0 Å². The van der Waals surface area contributed by atoms with E-state index in [0.717, 1.165) is 42.9 Å². The van der Waals surface area contributed by atoms with Crippen LogP contribution in [0, 0.1) is 6.92 Å². The number of fused-ring (bicyclic) bond motifs is 1. The third-order valence-electron chi connectivity index (χ3n) is 6.96. The van der Waals surface area contributed by atoms with Gasteiger partial charge in [-0.15, -0.1) is 0 Å². The van der Waals surface area contributed by atoms with Crippen molar-refractivity contribution in [3.8, 4) is 22.8 Å². The van der Waals surface area contributed by atoms with Crippen LogP contribution in [0.15, 0.2) is 42.5 Å². The molecular weight excluding hydrogens is 418 g/mol. The fourth-order valence-electron chi connectivity index (χ4n) is 5.23. The van der Waals surface area contributed by atoms with Crippen LogP contribution in [0.5, 0.6) is 11.5 Å². The summed E-state index contributed by atoms with van der Waals surface area (Å²) in [5.74, 6) is 2.34. The summed E-state index contributed by atoms with van der Waals surface area (Å²) >= 11 is 0. The number of methoxy groups -OCH3 is 2. The molecular formula is C31H41NO2. The first-order chi connectivity index (χ1) is 16.6. The molecule has 0 saturated carbocycles. The Balaban J connectivity index is 0.00000158. The zero-order valence-corrected chi connectivity index (χ0v) is 22.1. The van der Waals surface area contributed by atoms with Gasteiger partial charge in [-0.05, 0) is 85.8 Å². The van der Waals surface area contributed by atoms with Crippen LogP contribution in [-0.2, 0) is 25.7 Å². The molecule has 0 bridgehead atoms. The van der Waals surface area contributed by atoms with Gasteiger partial charge in [0.1, 0.15) is 11.5 Å². The Morgan fingerprint density at radius 2 is 1.62 bits per heavy atom. The predicted octanol–water partition coefficient (Wildman–Crippen LogP) is 7.89. The Hall–Kier alpha value is -2.81. The van der Waals surface area contributed by atoms with Gasteiger partial charge in [-0.1, -0.05) is 52.0 Å². The molecule has 34 heavy (non-hydrogen) atoms. The van der Waals surface area contributed by atoms with Gasteiger partial charge in [-0.3, -0.25) is 4.98 Å². The van der Waals surface area contributed by atoms with E-state index < -0.39 is 0 Å². The highest BCUT2D eigenvalue weighted by Crippen LogP contribution is 2.42. The van der Waals surface area contributed by atoms with Crippen LogP contribution in [0.3, 0.4) is 0 Å². The fourth-order valence-corrected chi connectivity index (χ4v) is 5.23. The number of hydrogen-bond acceptors (Lipinski definition) is 3. The zero-order valence-electron chi connectivity index (χ0n) is 22.1. The summed E-state index contributed by atoms with van der Waals surface area (Å²) in [5.41, 5.74) is 10.3. The molecule has 1 aromatic heterocycles. The van der Waals surface area contributed by atoms with E-state index in [0.29, 0.717) is 5.92 Å². The van der Waals surface area contributed by atoms with Crippen molar-refractivity contribution < 1.29 is 9.47 Å². The van der Waals surface area contributed by atoms with Crippen LogP contribution >= 0.6 is 0 Å². The summed E-state index contributed by atoms with van der Waals surface area (Å²) in [6.07, 6.45) is 6.37. The Labute approximate surface area is 206 Å². The number of aromatic nitrogens is 1. The summed E-state index contributed by atoms with van der Waals surface area (Å²) < 4.78 is 11.4. The Morgan fingerprint density at radius 1 is 0.912 bits per heavy atom. The monoisotopic (exact) mass is 459 g/mol. The van der Waals surface area contributed by atoms with Crippen molar-refractivity contribution >= 4 is 0 Å². The molecule has 1 aliphatic rings. The maximum atomic E-state index is 6.00. The molecule has 0 amide bonds. The number of nitrogens with zero attached hydrogens (tertiary/aromatic N) is 1. The van der Waals surface area contributed by atoms with E-state index in [2.05, 4.69) is 63.2 Å². The molecule has 1 aliphatic carbocycles. The van der Waals surface area contributed by atoms with Gasteiger partial charge in [0.15, 0.2) is 0 Å². The van der Waals surface area contributed by atoms with Crippen LogP contribution in [-0.4, -0.2) is 19.2 Å². The molecule has 182 valence electrons. The van der Waals surface area contributed by atoms with Crippen LogP contribution in [0.4, 0.5) is 0 Å². The Bertz CT molecular complexity index is 1060. The normalized spacial score (nSPS) is 14.6. The second kappa shape index (κ2) is 12.1. The van der Waals surface area contributed by atoms with Gasteiger partial charge in [0.25, 0.3) is 0 Å². The van der Waals surface area contributed by atoms with Crippen LogP contribution < -0.4 is 9.47 Å². The number of pyridine rings is 1. The lowest BCUT2D eigenvalue weighted by Crippen LogP contribution is -2.16. The summed E-state index contributed by atoms with van der Waals surface area (Å²) in [6, 6.07) is 15.2. The molecule has 1 atom stereocenters. The van der Waals surface area contributed by atoms with Crippen molar-refractivity contribution in [2.45, 2.75) is 79.1 Å². The summed E-state index contributed by atoms with van der Waals surface area (Å²) in [6.45, 7) is 10.6. The van der Waals surface area contributed by atoms with Crippen molar-refractivity contribution in [3.05, 3.63) is 76.0 Å². The maximum Gasteiger partial charge on any atom is 0.126 e. The Morgan fingerprint density at radius 3 is 2.21 bits per heavy atom. The molecule has 3 aromatic rings. The van der Waals surface area contributed by atoms with Crippen molar-refractivity contribution in [2.24, 2.45) is 0 Å². The van der Waals surface area contributed by atoms with Crippen LogP contribution in [0.1, 0.15) is 80.0 Å². The molecule has 0 fully saturated rings. The van der Waals surface area contributed by atoms with E-state index in [4.69, 9.17) is 14.5 Å². The van der Waals surface area contributed by atoms with Gasteiger partial charge in [0.05, 0.1) is 19.9 Å². The summed E-state index contributed by atoms with van der Waals surface area (Å²) in [7, 11) is 3.52. The second-order valence-electron chi connectivity index (χ2n) is 8.81. The lowest BCUT2D eigenvalue weighted by atomic mass is 9.80. The predicted molar refractivity (Wildman–Crippen MR) is 143 cm³/mol. The van der Waals surface area contributed by atoms with E-state index in [1.165, 1.54) is 51.9 Å². The smallest absolute Gasteiger partial charge is 0.126 e. The van der Waals surface area contributed by atoms with E-state index >= 15 is 0 Å². The minimum Gasteiger partial charge on any atom is -0.497 e. The van der Waals surface area contributed by atoms with E-state index in [-0.39, 0.29) is 0 Å². The highest BCUT2D eigenvalue weighted by atomic mass is 16.5. The SMILES string of the molecule is CC.CCc1cccc(CC)c1-c1cc(OC)c2c(n1)CCCC2Cc1ccc(OC)cc1C. The lowest BCUT2D eigenvalue weighted by molar-refractivity contribution is 0.395. The molecule has 0 radical (unpaired) electrons. The van der Waals surface area contributed by atoms with Gasteiger partial charge in [-0.2, -0.15) is 0 Å². The average Bonchev–Trinajstić information content (AvgIpc) is 2.89. The average molecular weight is 460 g/mol. The highest BCUT2D eigenvalue weighted by Gasteiger charge is 2.27. The number of benzene rings is 2. The lowest BCUT2D eigenvalue weighted by Gasteiger charge is -2.28. The minimum absolute atomic E-state index is 0.425. The van der Waals surface area contributed by atoms with Crippen LogP contribution in [0.2, 0.25) is 0 Å². The second-order valence-corrected chi connectivity index (χ2v) is 8.81. The molecule has 0 saturated heterocycles. The maximum absolute atomic E-state index is 6.00. The van der Waals surface area contributed by atoms with Gasteiger partial charge < -0.3 is 9.47 Å². The summed E-state index contributed by atoms with van der Waals surface area (Å²) in [4.78, 5) is 5.25. The topological polar surface area (TPSA) is 31.4 Å². The Kier molecular flexibility index (Phi) is 9.15. The van der Waals surface area contributed by atoms with E-state index in [9.17, 15) is 0 Å². The molecule has 0 N–H and O–H groups in total. The van der Waals surface area contributed by atoms with Gasteiger partial charge in [-0.25, -0.2) is 0 Å². The fraction of sp³-hybridized carbons (Fsp3) is 0.452. The van der Waals surface area contributed by atoms with Crippen LogP contribution in [0.25, 0.3) is 11.3 Å². The molecule has 1 unspecified atom stereocenters. The molecule has 4 rings (SSSR count). The third-order valence-corrected chi connectivity index (χ3v) is 6.96. The largest absolute Gasteiger partial charge is 0.497 e. The number of hydrogen-bond donors (Lipinski definition) is 0. The summed E-state index contributed by atoms with van der Waals surface area (Å²) in [5, 5.41) is 0. The number of ether oxygens (including phenoxy) is 2. The molecule has 0 spiro atoms. The van der Waals surface area contributed by atoms with Crippen molar-refractivity contribution in [3.63, 3.8) is 0 Å². The van der Waals surface area contributed by atoms with Gasteiger partial charge >= 0.3 is 0 Å². The van der Waals surface area contributed by atoms with E-state index in [1.54, 1.807) is 14.2 Å². The standard InChI is InChI=1S/C29H35NO2.C2H6/c1-6-20-10-8-11-21(7-2)28(20)26-18-27(32-5)29-23(12-9-13-25(29)30-26)17-22-14-15-24(31-4)16-19(22)3;1-2/h8,10-11,14-16,18,23H,6-7,9,12-13,17H2,1-5H3;1-2H3. The first-order valence-electron chi connectivity index (χ1n) is 12.9. The molecule has 0 aliphatic heterocycles. The highest BCUT2D eigenvalue weighted by molar-refractivity contribution is 5.70. The number of rotatable bonds is 7. The van der Waals surface area contributed by atoms with Crippen molar-refractivity contribution in [1.29, 1.82) is 0 Å². The quantitative estimate of drug-likeness (QED) is 0.360. The minimum atomic E-state index is 0.425. The molecule has 2 aromatic carbocycles. The number of aryl methyl sites for hydroxylation is 4. The molecule has 3 heteroatoms. The zero-order chi connectivity index (χ0) is 24.7. The van der Waals surface area contributed by atoms with Crippen molar-refractivity contribution in [2.75, 3.05) is 14.2 Å². The first kappa shape index (κ1) is 25.8. The third kappa shape index (κ3) is 5.29. The molecule has 3 nitrogen and oxygen atoms in total. The van der Waals surface area contributed by atoms with Gasteiger partial charge in [0, 0.05) is 22.9 Å². The van der Waals surface area contributed by atoms with E-state index in [1.807, 2.05) is 13.8 Å².